The molecule has 0 amide bonds. The first-order chi connectivity index (χ1) is 8.78. The van der Waals surface area contributed by atoms with Crippen LogP contribution in [-0.4, -0.2) is 26.7 Å². The predicted octanol–water partition coefficient (Wildman–Crippen LogP) is 1.35. The maximum Gasteiger partial charge on any atom is 0.245 e. The molecule has 2 unspecified atom stereocenters. The molecule has 0 spiro atoms. The zero-order valence-electron chi connectivity index (χ0n) is 10.8. The molecule has 19 heavy (non-hydrogen) atoms. The van der Waals surface area contributed by atoms with E-state index in [1.54, 1.807) is 0 Å². The lowest BCUT2D eigenvalue weighted by atomic mass is 9.97. The summed E-state index contributed by atoms with van der Waals surface area (Å²) in [7, 11) is -3.68. The standard InChI is InChI=1S/C11H17BrN2O4S/c1-7-11(2,3-4-17-7)14-19(15,16)9-5-8(6-13)18-10(9)12/h5,7,14H,3-4,6,13H2,1-2H3. The van der Waals surface area contributed by atoms with Crippen molar-refractivity contribution in [2.24, 2.45) is 5.73 Å². The Morgan fingerprint density at radius 2 is 2.32 bits per heavy atom. The van der Waals surface area contributed by atoms with Crippen molar-refractivity contribution in [3.8, 4) is 0 Å². The van der Waals surface area contributed by atoms with Crippen LogP contribution in [0.2, 0.25) is 0 Å². The van der Waals surface area contributed by atoms with Crippen LogP contribution in [0.5, 0.6) is 0 Å². The first-order valence-corrected chi connectivity index (χ1v) is 8.20. The van der Waals surface area contributed by atoms with E-state index in [9.17, 15) is 8.42 Å². The molecule has 1 fully saturated rings. The van der Waals surface area contributed by atoms with Crippen molar-refractivity contribution >= 4 is 26.0 Å². The molecular weight excluding hydrogens is 336 g/mol. The molecule has 1 aliphatic rings. The zero-order valence-corrected chi connectivity index (χ0v) is 13.2. The second-order valence-electron chi connectivity index (χ2n) is 4.84. The minimum absolute atomic E-state index is 0.0632. The van der Waals surface area contributed by atoms with Crippen LogP contribution >= 0.6 is 15.9 Å². The summed E-state index contributed by atoms with van der Waals surface area (Å²) in [4.78, 5) is 0.0632. The Bertz CT molecular complexity index is 571. The molecule has 0 bridgehead atoms. The van der Waals surface area contributed by atoms with E-state index in [0.717, 1.165) is 0 Å². The monoisotopic (exact) mass is 352 g/mol. The number of hydrogen-bond acceptors (Lipinski definition) is 5. The minimum atomic E-state index is -3.68. The summed E-state index contributed by atoms with van der Waals surface area (Å²) in [6, 6.07) is 1.43. The van der Waals surface area contributed by atoms with Crippen molar-refractivity contribution in [2.45, 2.75) is 43.4 Å². The highest BCUT2D eigenvalue weighted by Gasteiger charge is 2.41. The Morgan fingerprint density at radius 3 is 2.79 bits per heavy atom. The summed E-state index contributed by atoms with van der Waals surface area (Å²) in [5, 5.41) is 0. The molecule has 6 nitrogen and oxygen atoms in total. The highest BCUT2D eigenvalue weighted by Crippen LogP contribution is 2.31. The van der Waals surface area contributed by atoms with E-state index in [-0.39, 0.29) is 22.2 Å². The van der Waals surface area contributed by atoms with E-state index in [1.165, 1.54) is 6.07 Å². The third-order valence-corrected chi connectivity index (χ3v) is 5.92. The number of hydrogen-bond donors (Lipinski definition) is 2. The van der Waals surface area contributed by atoms with Crippen molar-refractivity contribution in [1.29, 1.82) is 0 Å². The topological polar surface area (TPSA) is 94.6 Å². The smallest absolute Gasteiger partial charge is 0.245 e. The minimum Gasteiger partial charge on any atom is -0.452 e. The van der Waals surface area contributed by atoms with Gasteiger partial charge in [-0.25, -0.2) is 13.1 Å². The van der Waals surface area contributed by atoms with Crippen LogP contribution < -0.4 is 10.5 Å². The van der Waals surface area contributed by atoms with Crippen LogP contribution in [0.1, 0.15) is 26.0 Å². The lowest BCUT2D eigenvalue weighted by molar-refractivity contribution is 0.0957. The van der Waals surface area contributed by atoms with Gasteiger partial charge in [-0.05, 0) is 36.2 Å². The van der Waals surface area contributed by atoms with E-state index in [2.05, 4.69) is 20.7 Å². The van der Waals surface area contributed by atoms with Gasteiger partial charge in [-0.2, -0.15) is 0 Å². The van der Waals surface area contributed by atoms with Crippen molar-refractivity contribution in [3.05, 3.63) is 16.5 Å². The zero-order chi connectivity index (χ0) is 14.3. The summed E-state index contributed by atoms with van der Waals surface area (Å²) in [6.45, 7) is 4.37. The predicted molar refractivity (Wildman–Crippen MR) is 73.1 cm³/mol. The van der Waals surface area contributed by atoms with Gasteiger partial charge in [0.25, 0.3) is 0 Å². The van der Waals surface area contributed by atoms with E-state index in [4.69, 9.17) is 14.9 Å². The summed E-state index contributed by atoms with van der Waals surface area (Å²) in [5.41, 5.74) is 4.82. The lowest BCUT2D eigenvalue weighted by Crippen LogP contribution is -2.50. The fourth-order valence-electron chi connectivity index (χ4n) is 2.01. The molecule has 1 saturated heterocycles. The molecule has 2 rings (SSSR count). The second kappa shape index (κ2) is 5.17. The third-order valence-electron chi connectivity index (χ3n) is 3.45. The van der Waals surface area contributed by atoms with Crippen LogP contribution in [0.3, 0.4) is 0 Å². The van der Waals surface area contributed by atoms with Crippen molar-refractivity contribution in [1.82, 2.24) is 4.72 Å². The Hall–Kier alpha value is -0.410. The summed E-state index contributed by atoms with van der Waals surface area (Å²) >= 11 is 3.10. The van der Waals surface area contributed by atoms with E-state index in [0.29, 0.717) is 18.8 Å². The number of sulfonamides is 1. The number of halogens is 1. The van der Waals surface area contributed by atoms with Gasteiger partial charge in [-0.1, -0.05) is 0 Å². The number of nitrogens with two attached hydrogens (primary N) is 1. The SMILES string of the molecule is CC1OCCC1(C)NS(=O)(=O)c1cc(CN)oc1Br. The van der Waals surface area contributed by atoms with Crippen LogP contribution in [0.15, 0.2) is 20.0 Å². The van der Waals surface area contributed by atoms with E-state index < -0.39 is 15.6 Å². The molecule has 0 radical (unpaired) electrons. The van der Waals surface area contributed by atoms with Gasteiger partial charge in [0, 0.05) is 12.7 Å². The van der Waals surface area contributed by atoms with Crippen molar-refractivity contribution in [3.63, 3.8) is 0 Å². The average molecular weight is 353 g/mol. The summed E-state index contributed by atoms with van der Waals surface area (Å²) in [6.07, 6.45) is 0.453. The fourth-order valence-corrected chi connectivity index (χ4v) is 4.51. The van der Waals surface area contributed by atoms with Gasteiger partial charge in [0.2, 0.25) is 10.0 Å². The Labute approximate surface area is 120 Å². The molecule has 108 valence electrons. The molecule has 2 atom stereocenters. The second-order valence-corrected chi connectivity index (χ2v) is 7.21. The molecule has 0 saturated carbocycles. The van der Waals surface area contributed by atoms with Crippen LogP contribution in [0.25, 0.3) is 0 Å². The third kappa shape index (κ3) is 2.87. The average Bonchev–Trinajstić information content (AvgIpc) is 2.83. The maximum absolute atomic E-state index is 12.4. The first-order valence-electron chi connectivity index (χ1n) is 5.92. The number of nitrogens with one attached hydrogen (secondary N) is 1. The molecule has 1 aromatic heterocycles. The van der Waals surface area contributed by atoms with Gasteiger partial charge in [-0.3, -0.25) is 0 Å². The van der Waals surface area contributed by atoms with Crippen molar-refractivity contribution in [2.75, 3.05) is 6.61 Å². The molecule has 1 aromatic rings. The van der Waals surface area contributed by atoms with Gasteiger partial charge < -0.3 is 14.9 Å². The Kier molecular flexibility index (Phi) is 4.08. The first kappa shape index (κ1) is 15.0. The molecule has 0 aromatic carbocycles. The number of furan rings is 1. The maximum atomic E-state index is 12.4. The van der Waals surface area contributed by atoms with Gasteiger partial charge in [-0.15, -0.1) is 0 Å². The summed E-state index contributed by atoms with van der Waals surface area (Å²) in [5.74, 6) is 0.410. The molecule has 2 heterocycles. The molecule has 0 aliphatic carbocycles. The van der Waals surface area contributed by atoms with Gasteiger partial charge >= 0.3 is 0 Å². The summed E-state index contributed by atoms with van der Waals surface area (Å²) < 4.78 is 38.3. The van der Waals surface area contributed by atoms with E-state index in [1.807, 2.05) is 13.8 Å². The lowest BCUT2D eigenvalue weighted by Gasteiger charge is -2.28. The number of ether oxygens (including phenoxy) is 1. The number of rotatable bonds is 4. The van der Waals surface area contributed by atoms with Crippen LogP contribution in [-0.2, 0) is 21.3 Å². The fraction of sp³-hybridized carbons (Fsp3) is 0.636. The molecule has 8 heteroatoms. The Morgan fingerprint density at radius 1 is 1.63 bits per heavy atom. The Balaban J connectivity index is 2.30. The molecular formula is C11H17BrN2O4S. The molecule has 1 aliphatic heterocycles. The van der Waals surface area contributed by atoms with Crippen LogP contribution in [0, 0.1) is 0 Å². The van der Waals surface area contributed by atoms with Gasteiger partial charge in [0.05, 0.1) is 18.2 Å². The van der Waals surface area contributed by atoms with E-state index >= 15 is 0 Å². The highest BCUT2D eigenvalue weighted by molar-refractivity contribution is 9.10. The highest BCUT2D eigenvalue weighted by atomic mass is 79.9. The van der Waals surface area contributed by atoms with Crippen molar-refractivity contribution < 1.29 is 17.6 Å². The normalized spacial score (nSPS) is 27.9. The quantitative estimate of drug-likeness (QED) is 0.852. The van der Waals surface area contributed by atoms with Gasteiger partial charge in [0.1, 0.15) is 10.7 Å². The van der Waals surface area contributed by atoms with Gasteiger partial charge in [0.15, 0.2) is 4.67 Å². The van der Waals surface area contributed by atoms with Crippen LogP contribution in [0.4, 0.5) is 0 Å². The largest absolute Gasteiger partial charge is 0.452 e. The molecule has 3 N–H and O–H groups in total.